The number of hydrogen-bond donors (Lipinski definition) is 1. The van der Waals surface area contributed by atoms with E-state index in [1.54, 1.807) is 24.3 Å². The average molecular weight is 287 g/mol. The molecule has 0 saturated carbocycles. The molecule has 0 aliphatic carbocycles. The van der Waals surface area contributed by atoms with E-state index in [1.165, 1.54) is 0 Å². The van der Waals surface area contributed by atoms with Crippen molar-refractivity contribution in [1.29, 1.82) is 0 Å². The maximum atomic E-state index is 12.2. The Morgan fingerprint density at radius 3 is 3.05 bits per heavy atom. The monoisotopic (exact) mass is 287 g/mol. The molecule has 0 radical (unpaired) electrons. The largest absolute Gasteiger partial charge is 0.352 e. The van der Waals surface area contributed by atoms with E-state index in [0.717, 1.165) is 10.6 Å². The Morgan fingerprint density at radius 2 is 2.35 bits per heavy atom. The van der Waals surface area contributed by atoms with E-state index in [2.05, 4.69) is 15.5 Å². The van der Waals surface area contributed by atoms with Crippen LogP contribution in [0.5, 0.6) is 0 Å². The Kier molecular flexibility index (Phi) is 3.23. The van der Waals surface area contributed by atoms with E-state index in [-0.39, 0.29) is 5.91 Å². The van der Waals surface area contributed by atoms with Gasteiger partial charge in [0.05, 0.1) is 27.2 Å². The van der Waals surface area contributed by atoms with Crippen molar-refractivity contribution in [3.05, 3.63) is 34.8 Å². The van der Waals surface area contributed by atoms with E-state index in [0.29, 0.717) is 28.9 Å². The number of carbonyl (C=O) groups excluding carboxylic acids is 1. The molecule has 6 heteroatoms. The Labute approximate surface area is 119 Å². The van der Waals surface area contributed by atoms with E-state index in [1.807, 2.05) is 24.4 Å². The van der Waals surface area contributed by atoms with Crippen molar-refractivity contribution in [3.63, 3.8) is 0 Å². The van der Waals surface area contributed by atoms with E-state index < -0.39 is 0 Å². The molecule has 0 bridgehead atoms. The van der Waals surface area contributed by atoms with Crippen LogP contribution in [0.3, 0.4) is 0 Å². The Hall–Kier alpha value is -2.21. The summed E-state index contributed by atoms with van der Waals surface area (Å²) in [6.45, 7) is 4.26. The van der Waals surface area contributed by atoms with Crippen molar-refractivity contribution in [3.8, 4) is 10.6 Å². The topological polar surface area (TPSA) is 68.0 Å². The molecule has 0 aromatic carbocycles. The first-order valence-electron chi connectivity index (χ1n) is 6.29. The van der Waals surface area contributed by atoms with E-state index in [4.69, 9.17) is 4.52 Å². The van der Waals surface area contributed by atoms with Gasteiger partial charge in [-0.15, -0.1) is 11.3 Å². The lowest BCUT2D eigenvalue weighted by Crippen LogP contribution is -2.23. The van der Waals surface area contributed by atoms with Gasteiger partial charge in [0.1, 0.15) is 0 Å². The number of nitrogens with one attached hydrogen (secondary N) is 1. The molecular weight excluding hydrogens is 274 g/mol. The van der Waals surface area contributed by atoms with Crippen molar-refractivity contribution in [1.82, 2.24) is 15.5 Å². The number of rotatable bonds is 3. The highest BCUT2D eigenvalue weighted by Gasteiger charge is 2.19. The zero-order chi connectivity index (χ0) is 14.1. The first-order valence-corrected chi connectivity index (χ1v) is 7.17. The van der Waals surface area contributed by atoms with Crippen molar-refractivity contribution in [2.24, 2.45) is 0 Å². The van der Waals surface area contributed by atoms with Crippen molar-refractivity contribution >= 4 is 28.3 Å². The maximum Gasteiger partial charge on any atom is 0.259 e. The highest BCUT2D eigenvalue weighted by atomic mass is 32.1. The molecule has 102 valence electrons. The van der Waals surface area contributed by atoms with Crippen molar-refractivity contribution in [2.45, 2.75) is 13.8 Å². The lowest BCUT2D eigenvalue weighted by molar-refractivity contribution is 0.0957. The molecule has 0 spiro atoms. The number of nitrogens with zero attached hydrogens (tertiary/aromatic N) is 2. The summed E-state index contributed by atoms with van der Waals surface area (Å²) in [5.74, 6) is -0.135. The average Bonchev–Trinajstić information content (AvgIpc) is 3.08. The summed E-state index contributed by atoms with van der Waals surface area (Å²) in [4.78, 5) is 17.7. The van der Waals surface area contributed by atoms with Crippen LogP contribution < -0.4 is 5.32 Å². The third kappa shape index (κ3) is 2.08. The number of pyridine rings is 1. The summed E-state index contributed by atoms with van der Waals surface area (Å²) in [6.07, 6.45) is 0. The van der Waals surface area contributed by atoms with Gasteiger partial charge in [-0.25, -0.2) is 4.98 Å². The Morgan fingerprint density at radius 1 is 1.50 bits per heavy atom. The smallest absolute Gasteiger partial charge is 0.259 e. The second-order valence-corrected chi connectivity index (χ2v) is 5.29. The van der Waals surface area contributed by atoms with E-state index in [9.17, 15) is 4.79 Å². The van der Waals surface area contributed by atoms with Gasteiger partial charge in [0.2, 0.25) is 0 Å². The minimum absolute atomic E-state index is 0.135. The van der Waals surface area contributed by atoms with Gasteiger partial charge < -0.3 is 9.84 Å². The van der Waals surface area contributed by atoms with Crippen LogP contribution in [-0.4, -0.2) is 22.6 Å². The Bertz CT molecular complexity index is 762. The lowest BCUT2D eigenvalue weighted by Gasteiger charge is -2.05. The summed E-state index contributed by atoms with van der Waals surface area (Å²) in [6, 6.07) is 5.70. The summed E-state index contributed by atoms with van der Waals surface area (Å²) < 4.78 is 5.22. The van der Waals surface area contributed by atoms with Gasteiger partial charge in [0.15, 0.2) is 0 Å². The normalized spacial score (nSPS) is 10.9. The van der Waals surface area contributed by atoms with Gasteiger partial charge in [-0.1, -0.05) is 11.2 Å². The molecule has 0 aliphatic heterocycles. The van der Waals surface area contributed by atoms with E-state index >= 15 is 0 Å². The molecule has 0 unspecified atom stereocenters. The molecular formula is C14H13N3O2S. The second kappa shape index (κ2) is 5.05. The number of thiophene rings is 1. The molecule has 1 N–H and O–H groups in total. The number of aryl methyl sites for hydroxylation is 1. The molecule has 1 amide bonds. The van der Waals surface area contributed by atoms with Gasteiger partial charge >= 0.3 is 0 Å². The van der Waals surface area contributed by atoms with Crippen LogP contribution in [0.1, 0.15) is 23.0 Å². The first kappa shape index (κ1) is 12.8. The van der Waals surface area contributed by atoms with Crippen LogP contribution in [0.25, 0.3) is 21.7 Å². The van der Waals surface area contributed by atoms with Gasteiger partial charge in [0.25, 0.3) is 11.6 Å². The van der Waals surface area contributed by atoms with Gasteiger partial charge in [-0.3, -0.25) is 4.79 Å². The number of fused-ring (bicyclic) bond motifs is 1. The van der Waals surface area contributed by atoms with Gasteiger partial charge in [-0.05, 0) is 31.4 Å². The number of aromatic nitrogens is 2. The minimum Gasteiger partial charge on any atom is -0.352 e. The van der Waals surface area contributed by atoms with Crippen LogP contribution >= 0.6 is 11.3 Å². The molecule has 0 saturated heterocycles. The van der Waals surface area contributed by atoms with Gasteiger partial charge in [0, 0.05) is 6.54 Å². The molecule has 0 atom stereocenters. The predicted molar refractivity (Wildman–Crippen MR) is 77.9 cm³/mol. The van der Waals surface area contributed by atoms with Crippen LogP contribution in [0.2, 0.25) is 0 Å². The summed E-state index contributed by atoms with van der Waals surface area (Å²) in [5, 5.41) is 9.37. The number of hydrogen-bond acceptors (Lipinski definition) is 5. The molecule has 3 aromatic heterocycles. The zero-order valence-corrected chi connectivity index (χ0v) is 12.0. The summed E-state index contributed by atoms with van der Waals surface area (Å²) in [7, 11) is 0. The molecule has 3 rings (SSSR count). The second-order valence-electron chi connectivity index (χ2n) is 4.34. The van der Waals surface area contributed by atoms with Crippen LogP contribution in [-0.2, 0) is 0 Å². The summed E-state index contributed by atoms with van der Waals surface area (Å²) >= 11 is 1.57. The molecule has 0 aliphatic rings. The van der Waals surface area contributed by atoms with Crippen LogP contribution in [0, 0.1) is 6.92 Å². The SMILES string of the molecule is CCNC(=O)c1cc(-c2cccs2)nc2onc(C)c12. The maximum absolute atomic E-state index is 12.2. The first-order chi connectivity index (χ1) is 9.70. The fourth-order valence-corrected chi connectivity index (χ4v) is 2.77. The predicted octanol–water partition coefficient (Wildman–Crippen LogP) is 3.01. The molecule has 3 aromatic rings. The molecule has 3 heterocycles. The van der Waals surface area contributed by atoms with Crippen molar-refractivity contribution in [2.75, 3.05) is 6.54 Å². The van der Waals surface area contributed by atoms with Crippen molar-refractivity contribution < 1.29 is 9.32 Å². The van der Waals surface area contributed by atoms with Crippen LogP contribution in [0.15, 0.2) is 28.1 Å². The number of amides is 1. The standard InChI is InChI=1S/C14H13N3O2S/c1-3-15-13(18)9-7-10(11-5-4-6-20-11)16-14-12(9)8(2)17-19-14/h4-7H,3H2,1-2H3,(H,15,18). The van der Waals surface area contributed by atoms with Crippen LogP contribution in [0.4, 0.5) is 0 Å². The molecule has 20 heavy (non-hydrogen) atoms. The fraction of sp³-hybridized carbons (Fsp3) is 0.214. The number of carbonyl (C=O) groups is 1. The zero-order valence-electron chi connectivity index (χ0n) is 11.1. The lowest BCUT2D eigenvalue weighted by atomic mass is 10.1. The molecule has 5 nitrogen and oxygen atoms in total. The molecule has 0 fully saturated rings. The Balaban J connectivity index is 2.24. The fourth-order valence-electron chi connectivity index (χ4n) is 2.08. The highest BCUT2D eigenvalue weighted by Crippen LogP contribution is 2.29. The third-order valence-electron chi connectivity index (χ3n) is 2.97. The van der Waals surface area contributed by atoms with Gasteiger partial charge in [-0.2, -0.15) is 0 Å². The minimum atomic E-state index is -0.135. The highest BCUT2D eigenvalue weighted by molar-refractivity contribution is 7.13. The third-order valence-corrected chi connectivity index (χ3v) is 3.87. The summed E-state index contributed by atoms with van der Waals surface area (Å²) in [5.41, 5.74) is 2.35. The quantitative estimate of drug-likeness (QED) is 0.804.